The van der Waals surface area contributed by atoms with E-state index in [-0.39, 0.29) is 5.56 Å². The van der Waals surface area contributed by atoms with E-state index in [4.69, 9.17) is 10.5 Å². The summed E-state index contributed by atoms with van der Waals surface area (Å²) in [5.41, 5.74) is 5.71. The minimum Gasteiger partial charge on any atom is -0.399 e. The second-order valence-corrected chi connectivity index (χ2v) is 3.55. The summed E-state index contributed by atoms with van der Waals surface area (Å²) in [7, 11) is 0. The van der Waals surface area contributed by atoms with Crippen molar-refractivity contribution < 1.29 is 13.9 Å². The van der Waals surface area contributed by atoms with Crippen molar-refractivity contribution in [2.45, 2.75) is 13.3 Å². The van der Waals surface area contributed by atoms with Crippen LogP contribution in [0.2, 0.25) is 0 Å². The summed E-state index contributed by atoms with van der Waals surface area (Å²) in [6.45, 7) is 3.60. The highest BCUT2D eigenvalue weighted by molar-refractivity contribution is 5.94. The average Bonchev–Trinajstić information content (AvgIpc) is 2.28. The molecule has 0 bridgehead atoms. The summed E-state index contributed by atoms with van der Waals surface area (Å²) in [4.78, 5) is 11.6. The maximum Gasteiger partial charge on any atom is 0.254 e. The van der Waals surface area contributed by atoms with E-state index in [1.165, 1.54) is 12.1 Å². The molecule has 0 aliphatic heterocycles. The van der Waals surface area contributed by atoms with Gasteiger partial charge in [0.25, 0.3) is 5.91 Å². The third kappa shape index (κ3) is 4.40. The molecule has 94 valence electrons. The van der Waals surface area contributed by atoms with Crippen molar-refractivity contribution in [2.24, 2.45) is 0 Å². The zero-order valence-corrected chi connectivity index (χ0v) is 9.83. The molecule has 0 fully saturated rings. The molecule has 1 amide bonds. The summed E-state index contributed by atoms with van der Waals surface area (Å²) in [5, 5.41) is 2.62. The van der Waals surface area contributed by atoms with Gasteiger partial charge in [0.15, 0.2) is 0 Å². The summed E-state index contributed by atoms with van der Waals surface area (Å²) in [6.07, 6.45) is 0.705. The van der Waals surface area contributed by atoms with Gasteiger partial charge in [-0.3, -0.25) is 4.79 Å². The Bertz CT molecular complexity index is 383. The number of nitrogen functional groups attached to an aromatic ring is 1. The molecule has 17 heavy (non-hydrogen) atoms. The number of anilines is 1. The van der Waals surface area contributed by atoms with Crippen LogP contribution in [0.4, 0.5) is 10.1 Å². The molecule has 3 N–H and O–H groups in total. The molecule has 0 radical (unpaired) electrons. The zero-order valence-electron chi connectivity index (χ0n) is 9.83. The molecule has 4 nitrogen and oxygen atoms in total. The van der Waals surface area contributed by atoms with Crippen molar-refractivity contribution >= 4 is 11.6 Å². The monoisotopic (exact) mass is 240 g/mol. The lowest BCUT2D eigenvalue weighted by atomic mass is 10.2. The van der Waals surface area contributed by atoms with Crippen LogP contribution in [0.1, 0.15) is 23.7 Å². The van der Waals surface area contributed by atoms with Crippen LogP contribution in [0.25, 0.3) is 0 Å². The first-order valence-corrected chi connectivity index (χ1v) is 5.56. The van der Waals surface area contributed by atoms with Crippen LogP contribution in [-0.4, -0.2) is 25.7 Å². The topological polar surface area (TPSA) is 64.3 Å². The van der Waals surface area contributed by atoms with Crippen LogP contribution in [0.3, 0.4) is 0 Å². The third-order valence-corrected chi connectivity index (χ3v) is 2.19. The van der Waals surface area contributed by atoms with Gasteiger partial charge in [-0.1, -0.05) is 0 Å². The standard InChI is InChI=1S/C12H17FN2O2/c1-2-17-7-3-6-15-12(16)10-5-4-9(14)8-11(10)13/h4-5,8H,2-3,6-7,14H2,1H3,(H,15,16). The maximum atomic E-state index is 13.4. The molecule has 0 aromatic heterocycles. The van der Waals surface area contributed by atoms with E-state index in [2.05, 4.69) is 5.32 Å². The minimum absolute atomic E-state index is 0.00982. The van der Waals surface area contributed by atoms with Gasteiger partial charge in [0.2, 0.25) is 0 Å². The van der Waals surface area contributed by atoms with Gasteiger partial charge < -0.3 is 15.8 Å². The van der Waals surface area contributed by atoms with E-state index in [0.717, 1.165) is 6.07 Å². The van der Waals surface area contributed by atoms with Crippen molar-refractivity contribution in [1.82, 2.24) is 5.32 Å². The second kappa shape index (κ2) is 6.85. The zero-order chi connectivity index (χ0) is 12.7. The van der Waals surface area contributed by atoms with Gasteiger partial charge in [-0.25, -0.2) is 4.39 Å². The van der Waals surface area contributed by atoms with E-state index in [9.17, 15) is 9.18 Å². The van der Waals surface area contributed by atoms with Crippen LogP contribution >= 0.6 is 0 Å². The van der Waals surface area contributed by atoms with E-state index < -0.39 is 11.7 Å². The number of hydrogen-bond acceptors (Lipinski definition) is 3. The lowest BCUT2D eigenvalue weighted by Gasteiger charge is -2.06. The number of nitrogens with two attached hydrogens (primary N) is 1. The van der Waals surface area contributed by atoms with Gasteiger partial charge in [-0.2, -0.15) is 0 Å². The third-order valence-electron chi connectivity index (χ3n) is 2.19. The van der Waals surface area contributed by atoms with Gasteiger partial charge >= 0.3 is 0 Å². The molecule has 1 aromatic rings. The van der Waals surface area contributed by atoms with Gasteiger partial charge in [0, 0.05) is 25.4 Å². The molecule has 5 heteroatoms. The number of benzene rings is 1. The lowest BCUT2D eigenvalue weighted by Crippen LogP contribution is -2.26. The van der Waals surface area contributed by atoms with Crippen molar-refractivity contribution in [3.05, 3.63) is 29.6 Å². The van der Waals surface area contributed by atoms with E-state index in [1.54, 1.807) is 0 Å². The normalized spacial score (nSPS) is 10.2. The van der Waals surface area contributed by atoms with E-state index in [0.29, 0.717) is 31.9 Å². The number of hydrogen-bond donors (Lipinski definition) is 2. The quantitative estimate of drug-likeness (QED) is 0.586. The highest BCUT2D eigenvalue weighted by Gasteiger charge is 2.10. The predicted molar refractivity (Wildman–Crippen MR) is 64.3 cm³/mol. The van der Waals surface area contributed by atoms with E-state index in [1.807, 2.05) is 6.92 Å². The maximum absolute atomic E-state index is 13.4. The molecule has 0 saturated heterocycles. The molecular formula is C12H17FN2O2. The number of rotatable bonds is 6. The molecule has 0 unspecified atom stereocenters. The first-order chi connectivity index (χ1) is 8.15. The van der Waals surface area contributed by atoms with Crippen LogP contribution in [0.15, 0.2) is 18.2 Å². The Morgan fingerprint density at radius 2 is 2.29 bits per heavy atom. The molecule has 0 aliphatic rings. The molecule has 0 saturated carbocycles. The van der Waals surface area contributed by atoms with Crippen LogP contribution < -0.4 is 11.1 Å². The number of carbonyl (C=O) groups excluding carboxylic acids is 1. The first-order valence-electron chi connectivity index (χ1n) is 5.56. The Kier molecular flexibility index (Phi) is 5.42. The molecule has 1 rings (SSSR count). The Balaban J connectivity index is 2.42. The summed E-state index contributed by atoms with van der Waals surface area (Å²) in [6, 6.07) is 4.01. The van der Waals surface area contributed by atoms with Crippen LogP contribution in [0, 0.1) is 5.82 Å². The number of amides is 1. The molecule has 0 aliphatic carbocycles. The number of carbonyl (C=O) groups is 1. The molecule has 0 heterocycles. The summed E-state index contributed by atoms with van der Waals surface area (Å²) in [5.74, 6) is -1.04. The Hall–Kier alpha value is -1.62. The number of halogens is 1. The van der Waals surface area contributed by atoms with Crippen molar-refractivity contribution in [3.63, 3.8) is 0 Å². The smallest absolute Gasteiger partial charge is 0.254 e. The summed E-state index contributed by atoms with van der Waals surface area (Å²) >= 11 is 0. The fourth-order valence-electron chi connectivity index (χ4n) is 1.33. The van der Waals surface area contributed by atoms with Gasteiger partial charge in [0.05, 0.1) is 5.56 Å². The molecule has 1 aromatic carbocycles. The highest BCUT2D eigenvalue weighted by atomic mass is 19.1. The highest BCUT2D eigenvalue weighted by Crippen LogP contribution is 2.11. The van der Waals surface area contributed by atoms with Gasteiger partial charge in [-0.15, -0.1) is 0 Å². The minimum atomic E-state index is -0.604. The fourth-order valence-corrected chi connectivity index (χ4v) is 1.33. The van der Waals surface area contributed by atoms with Crippen molar-refractivity contribution in [2.75, 3.05) is 25.5 Å². The average molecular weight is 240 g/mol. The fraction of sp³-hybridized carbons (Fsp3) is 0.417. The number of nitrogens with one attached hydrogen (secondary N) is 1. The lowest BCUT2D eigenvalue weighted by molar-refractivity contribution is 0.0940. The Morgan fingerprint density at radius 3 is 2.94 bits per heavy atom. The Morgan fingerprint density at radius 1 is 1.53 bits per heavy atom. The van der Waals surface area contributed by atoms with Crippen molar-refractivity contribution in [1.29, 1.82) is 0 Å². The SMILES string of the molecule is CCOCCCNC(=O)c1ccc(N)cc1F. The largest absolute Gasteiger partial charge is 0.399 e. The second-order valence-electron chi connectivity index (χ2n) is 3.55. The summed E-state index contributed by atoms with van der Waals surface area (Å²) < 4.78 is 18.5. The van der Waals surface area contributed by atoms with Gasteiger partial charge in [-0.05, 0) is 31.5 Å². The first kappa shape index (κ1) is 13.4. The number of ether oxygens (including phenoxy) is 1. The predicted octanol–water partition coefficient (Wildman–Crippen LogP) is 1.56. The molecular weight excluding hydrogens is 223 g/mol. The van der Waals surface area contributed by atoms with Crippen LogP contribution in [0.5, 0.6) is 0 Å². The van der Waals surface area contributed by atoms with Crippen LogP contribution in [-0.2, 0) is 4.74 Å². The van der Waals surface area contributed by atoms with Crippen molar-refractivity contribution in [3.8, 4) is 0 Å². The molecule has 0 atom stereocenters. The Labute approximate surface area is 100.0 Å². The van der Waals surface area contributed by atoms with Gasteiger partial charge in [0.1, 0.15) is 5.82 Å². The molecule has 0 spiro atoms. The van der Waals surface area contributed by atoms with E-state index >= 15 is 0 Å².